The van der Waals surface area contributed by atoms with Crippen LogP contribution in [0.4, 0.5) is 11.5 Å². The van der Waals surface area contributed by atoms with Crippen molar-refractivity contribution in [3.8, 4) is 23.8 Å². The first-order chi connectivity index (χ1) is 20.0. The summed E-state index contributed by atoms with van der Waals surface area (Å²) in [6.45, 7) is 4.84. The predicted octanol–water partition coefficient (Wildman–Crippen LogP) is 4.19. The lowest BCUT2D eigenvalue weighted by Gasteiger charge is -2.38. The van der Waals surface area contributed by atoms with Gasteiger partial charge < -0.3 is 29.9 Å². The van der Waals surface area contributed by atoms with E-state index in [1.807, 2.05) is 18.2 Å². The molecule has 2 saturated heterocycles. The highest BCUT2D eigenvalue weighted by atomic mass is 35.5. The lowest BCUT2D eigenvalue weighted by Crippen LogP contribution is -2.51. The van der Waals surface area contributed by atoms with E-state index in [9.17, 15) is 15.6 Å². The van der Waals surface area contributed by atoms with Crippen LogP contribution in [-0.4, -0.2) is 73.5 Å². The van der Waals surface area contributed by atoms with Crippen molar-refractivity contribution in [3.05, 3.63) is 52.0 Å². The normalized spacial score (nSPS) is 21.0. The Morgan fingerprint density at radius 1 is 1.17 bits per heavy atom. The third kappa shape index (κ3) is 5.34. The summed E-state index contributed by atoms with van der Waals surface area (Å²) in [6.07, 6.45) is 3.29. The van der Waals surface area contributed by atoms with E-state index in [1.54, 1.807) is 12.1 Å². The highest BCUT2D eigenvalue weighted by Crippen LogP contribution is 2.41. The molecule has 6 rings (SSSR count). The molecular formula is C31H34ClN7O2. The smallest absolute Gasteiger partial charge is 0.234 e. The van der Waals surface area contributed by atoms with E-state index >= 15 is 0 Å². The summed E-state index contributed by atoms with van der Waals surface area (Å²) in [5.41, 5.74) is 3.26. The molecule has 2 N–H and O–H groups in total. The Labute approximate surface area is 245 Å². The average molecular weight is 572 g/mol. The third-order valence-corrected chi connectivity index (χ3v) is 8.97. The molecule has 4 heterocycles. The van der Waals surface area contributed by atoms with Crippen molar-refractivity contribution in [2.45, 2.75) is 44.3 Å². The lowest BCUT2D eigenvalue weighted by molar-refractivity contribution is 0.192. The number of nitrogens with zero attached hydrogens (tertiary/aromatic N) is 6. The van der Waals surface area contributed by atoms with Crippen molar-refractivity contribution in [3.63, 3.8) is 0 Å². The monoisotopic (exact) mass is 571 g/mol. The van der Waals surface area contributed by atoms with Gasteiger partial charge in [-0.3, -0.25) is 0 Å². The lowest BCUT2D eigenvalue weighted by atomic mass is 9.94. The van der Waals surface area contributed by atoms with Gasteiger partial charge in [-0.2, -0.15) is 15.5 Å². The number of nitrogens with one attached hydrogen (secondary N) is 1. The van der Waals surface area contributed by atoms with Crippen LogP contribution in [0.5, 0.6) is 11.6 Å². The average Bonchev–Trinajstić information content (AvgIpc) is 3.39. The minimum absolute atomic E-state index is 0.0549. The summed E-state index contributed by atoms with van der Waals surface area (Å²) in [7, 11) is 2.11. The number of benzene rings is 2. The summed E-state index contributed by atoms with van der Waals surface area (Å²) in [6, 6.07) is 14.2. The van der Waals surface area contributed by atoms with Crippen molar-refractivity contribution in [2.24, 2.45) is 0 Å². The molecular weight excluding hydrogens is 538 g/mol. The van der Waals surface area contributed by atoms with Crippen LogP contribution in [0.25, 0.3) is 10.8 Å². The van der Waals surface area contributed by atoms with Crippen LogP contribution in [0.2, 0.25) is 5.02 Å². The van der Waals surface area contributed by atoms with Crippen LogP contribution >= 0.6 is 11.6 Å². The minimum atomic E-state index is 0.0549. The van der Waals surface area contributed by atoms with Crippen LogP contribution in [0.15, 0.2) is 30.3 Å². The molecule has 3 aliphatic heterocycles. The van der Waals surface area contributed by atoms with Crippen molar-refractivity contribution < 1.29 is 9.84 Å². The summed E-state index contributed by atoms with van der Waals surface area (Å²) in [5.74, 6) is 1.39. The molecule has 3 aliphatic rings. The number of aromatic nitrogens is 1. The minimum Gasteiger partial charge on any atom is -0.508 e. The van der Waals surface area contributed by atoms with E-state index in [0.717, 1.165) is 65.9 Å². The maximum Gasteiger partial charge on any atom is 0.234 e. The number of pyridine rings is 1. The number of aromatic hydroxyl groups is 1. The number of anilines is 2. The van der Waals surface area contributed by atoms with Crippen LogP contribution in [0.3, 0.4) is 0 Å². The zero-order valence-electron chi connectivity index (χ0n) is 23.2. The second-order valence-corrected chi connectivity index (χ2v) is 11.6. The molecule has 9 nitrogen and oxygen atoms in total. The predicted molar refractivity (Wildman–Crippen MR) is 160 cm³/mol. The van der Waals surface area contributed by atoms with E-state index in [4.69, 9.17) is 21.3 Å². The molecule has 2 atom stereocenters. The zero-order chi connectivity index (χ0) is 28.5. The summed E-state index contributed by atoms with van der Waals surface area (Å²) in [5, 5.41) is 36.1. The van der Waals surface area contributed by atoms with E-state index in [0.29, 0.717) is 61.6 Å². The van der Waals surface area contributed by atoms with Crippen molar-refractivity contribution in [1.82, 2.24) is 15.2 Å². The van der Waals surface area contributed by atoms with Gasteiger partial charge in [-0.15, -0.1) is 0 Å². The Hall–Kier alpha value is -3.76. The third-order valence-electron chi connectivity index (χ3n) is 8.66. The van der Waals surface area contributed by atoms with Gasteiger partial charge in [-0.25, -0.2) is 0 Å². The number of hydrogen-bond donors (Lipinski definition) is 2. The molecule has 2 fully saturated rings. The zero-order valence-corrected chi connectivity index (χ0v) is 24.0. The second-order valence-electron chi connectivity index (χ2n) is 11.2. The quantitative estimate of drug-likeness (QED) is 0.450. The second kappa shape index (κ2) is 11.6. The topological polar surface area (TPSA) is 112 Å². The number of likely N-dealkylation sites (N-methyl/N-ethyl adjacent to an activating group) is 1. The van der Waals surface area contributed by atoms with Gasteiger partial charge in [0.25, 0.3) is 0 Å². The van der Waals surface area contributed by atoms with Gasteiger partial charge >= 0.3 is 0 Å². The molecule has 0 bridgehead atoms. The summed E-state index contributed by atoms with van der Waals surface area (Å²) in [4.78, 5) is 11.7. The standard InChI is InChI=1S/C31H34ClN7O2/c1-37-11-3-5-22(37)19-41-31-25(16-34)26-18-38(28-15-23(40)14-20-4-2-6-27(32)29(20)28)12-8-24(26)30(36-31)39-13-10-35-21(17-39)7-9-33/h2,4,6,14-15,21-22,35,40H,3,5,7-8,10-13,17-19H2,1H3/t21-,22+/m1/s1. The number of piperazine rings is 1. The van der Waals surface area contributed by atoms with E-state index in [-0.39, 0.29) is 11.8 Å². The molecule has 0 unspecified atom stereocenters. The number of hydrogen-bond acceptors (Lipinski definition) is 9. The van der Waals surface area contributed by atoms with Gasteiger partial charge in [0.15, 0.2) is 0 Å². The Kier molecular flexibility index (Phi) is 7.77. The van der Waals surface area contributed by atoms with Gasteiger partial charge in [0.2, 0.25) is 5.88 Å². The van der Waals surface area contributed by atoms with E-state index in [2.05, 4.69) is 39.2 Å². The number of phenols is 1. The molecule has 0 aliphatic carbocycles. The molecule has 3 aromatic rings. The Morgan fingerprint density at radius 3 is 2.83 bits per heavy atom. The maximum atomic E-state index is 10.6. The van der Waals surface area contributed by atoms with Gasteiger partial charge in [0.1, 0.15) is 29.8 Å². The first kappa shape index (κ1) is 27.4. The van der Waals surface area contributed by atoms with Crippen LogP contribution < -0.4 is 19.9 Å². The molecule has 0 saturated carbocycles. The first-order valence-corrected chi connectivity index (χ1v) is 14.6. The highest BCUT2D eigenvalue weighted by molar-refractivity contribution is 6.36. The molecule has 10 heteroatoms. The van der Waals surface area contributed by atoms with Gasteiger partial charge in [-0.05, 0) is 50.4 Å². The number of phenolic OH excluding ortho intramolecular Hbond substituents is 1. The highest BCUT2D eigenvalue weighted by Gasteiger charge is 2.32. The van der Waals surface area contributed by atoms with Crippen molar-refractivity contribution >= 4 is 33.9 Å². The number of fused-ring (bicyclic) bond motifs is 2. The molecule has 2 aromatic carbocycles. The molecule has 212 valence electrons. The number of rotatable bonds is 6. The fraction of sp³-hybridized carbons (Fsp3) is 0.452. The maximum absolute atomic E-state index is 10.6. The largest absolute Gasteiger partial charge is 0.508 e. The Bertz CT molecular complexity index is 1550. The SMILES string of the molecule is CN1CCC[C@H]1COc1nc(N2CCN[C@H](CC#N)C2)c2c(c1C#N)CN(c1cc(O)cc3cccc(Cl)c13)CC2. The van der Waals surface area contributed by atoms with Crippen molar-refractivity contribution in [2.75, 3.05) is 56.2 Å². The fourth-order valence-corrected chi connectivity index (χ4v) is 6.78. The summed E-state index contributed by atoms with van der Waals surface area (Å²) >= 11 is 6.67. The Balaban J connectivity index is 1.42. The van der Waals surface area contributed by atoms with E-state index in [1.165, 1.54) is 0 Å². The molecule has 0 amide bonds. The molecule has 1 aromatic heterocycles. The number of halogens is 1. The van der Waals surface area contributed by atoms with Crippen molar-refractivity contribution in [1.29, 1.82) is 10.5 Å². The van der Waals surface area contributed by atoms with Gasteiger partial charge in [0, 0.05) is 67.4 Å². The molecule has 41 heavy (non-hydrogen) atoms. The van der Waals surface area contributed by atoms with Crippen LogP contribution in [0.1, 0.15) is 36.0 Å². The Morgan fingerprint density at radius 2 is 2.05 bits per heavy atom. The summed E-state index contributed by atoms with van der Waals surface area (Å²) < 4.78 is 6.35. The number of nitriles is 2. The van der Waals surface area contributed by atoms with Crippen LogP contribution in [-0.2, 0) is 13.0 Å². The first-order valence-electron chi connectivity index (χ1n) is 14.3. The molecule has 0 spiro atoms. The fourth-order valence-electron chi connectivity index (χ4n) is 6.50. The van der Waals surface area contributed by atoms with E-state index < -0.39 is 0 Å². The van der Waals surface area contributed by atoms with Crippen LogP contribution in [0, 0.1) is 22.7 Å². The van der Waals surface area contributed by atoms with Gasteiger partial charge in [-0.1, -0.05) is 23.7 Å². The molecule has 0 radical (unpaired) electrons. The van der Waals surface area contributed by atoms with Gasteiger partial charge in [0.05, 0.1) is 23.2 Å². The number of likely N-dealkylation sites (tertiary alicyclic amines) is 1. The number of ether oxygens (including phenoxy) is 1.